The minimum atomic E-state index is 0.0788. The summed E-state index contributed by atoms with van der Waals surface area (Å²) in [5.41, 5.74) is 0. The van der Waals surface area contributed by atoms with Crippen molar-refractivity contribution in [2.45, 2.75) is 37.8 Å². The van der Waals surface area contributed by atoms with Gasteiger partial charge in [0.1, 0.15) is 0 Å². The van der Waals surface area contributed by atoms with Crippen LogP contribution in [0.3, 0.4) is 0 Å². The molecule has 2 aliphatic heterocycles. The standard InChI is InChI=1S/C9H14O3/c1-2-7-8(12-7)5-6(1)9-10-3-4-11-9/h6-9H,1-5H2/t6-,7+,8-/m1/s1. The Morgan fingerprint density at radius 2 is 1.75 bits per heavy atom. The maximum absolute atomic E-state index is 5.48. The molecule has 68 valence electrons. The van der Waals surface area contributed by atoms with Crippen LogP contribution in [0.25, 0.3) is 0 Å². The Hall–Kier alpha value is -0.120. The maximum atomic E-state index is 5.48. The van der Waals surface area contributed by atoms with Crippen LogP contribution in [0.4, 0.5) is 0 Å². The molecule has 3 heteroatoms. The molecule has 1 saturated carbocycles. The topological polar surface area (TPSA) is 31.0 Å². The molecule has 3 nitrogen and oxygen atoms in total. The number of rotatable bonds is 1. The van der Waals surface area contributed by atoms with Gasteiger partial charge in [-0.3, -0.25) is 0 Å². The second-order valence-corrected chi connectivity index (χ2v) is 3.90. The number of hydrogen-bond donors (Lipinski definition) is 0. The molecule has 3 atom stereocenters. The van der Waals surface area contributed by atoms with Crippen molar-refractivity contribution >= 4 is 0 Å². The van der Waals surface area contributed by atoms with Gasteiger partial charge in [-0.2, -0.15) is 0 Å². The van der Waals surface area contributed by atoms with Crippen LogP contribution in [-0.2, 0) is 14.2 Å². The van der Waals surface area contributed by atoms with Crippen LogP contribution in [0, 0.1) is 5.92 Å². The summed E-state index contributed by atoms with van der Waals surface area (Å²) in [7, 11) is 0. The molecular weight excluding hydrogens is 156 g/mol. The second-order valence-electron chi connectivity index (χ2n) is 3.90. The zero-order valence-electron chi connectivity index (χ0n) is 7.07. The van der Waals surface area contributed by atoms with Gasteiger partial charge in [0.2, 0.25) is 0 Å². The first-order valence-electron chi connectivity index (χ1n) is 4.82. The SMILES string of the molecule is C1COC([C@@H]2CC[C@@H]3O[C@@H]3C2)O1. The van der Waals surface area contributed by atoms with E-state index in [9.17, 15) is 0 Å². The summed E-state index contributed by atoms with van der Waals surface area (Å²) in [4.78, 5) is 0. The minimum Gasteiger partial charge on any atom is -0.370 e. The third kappa shape index (κ3) is 1.16. The Morgan fingerprint density at radius 3 is 2.50 bits per heavy atom. The van der Waals surface area contributed by atoms with Gasteiger partial charge in [0.15, 0.2) is 6.29 Å². The summed E-state index contributed by atoms with van der Waals surface area (Å²) in [6.07, 6.45) is 4.77. The first-order chi connectivity index (χ1) is 5.93. The molecule has 0 bridgehead atoms. The maximum Gasteiger partial charge on any atom is 0.160 e. The van der Waals surface area contributed by atoms with E-state index in [0.29, 0.717) is 18.1 Å². The number of fused-ring (bicyclic) bond motifs is 1. The van der Waals surface area contributed by atoms with Gasteiger partial charge >= 0.3 is 0 Å². The highest BCUT2D eigenvalue weighted by molar-refractivity contribution is 4.93. The molecule has 1 aliphatic carbocycles. The minimum absolute atomic E-state index is 0.0788. The van der Waals surface area contributed by atoms with E-state index in [1.54, 1.807) is 0 Å². The van der Waals surface area contributed by atoms with E-state index in [2.05, 4.69) is 0 Å². The Labute approximate surface area is 72.0 Å². The predicted molar refractivity (Wildman–Crippen MR) is 41.7 cm³/mol. The first-order valence-corrected chi connectivity index (χ1v) is 4.82. The average molecular weight is 170 g/mol. The summed E-state index contributed by atoms with van der Waals surface area (Å²) in [6, 6.07) is 0. The number of ether oxygens (including phenoxy) is 3. The van der Waals surface area contributed by atoms with E-state index >= 15 is 0 Å². The molecule has 3 fully saturated rings. The fourth-order valence-corrected chi connectivity index (χ4v) is 2.33. The van der Waals surface area contributed by atoms with Gasteiger partial charge in [-0.25, -0.2) is 0 Å². The Bertz CT molecular complexity index is 177. The van der Waals surface area contributed by atoms with E-state index in [0.717, 1.165) is 19.6 Å². The lowest BCUT2D eigenvalue weighted by Crippen LogP contribution is -2.26. The summed E-state index contributed by atoms with van der Waals surface area (Å²) < 4.78 is 16.4. The van der Waals surface area contributed by atoms with Crippen LogP contribution in [0.5, 0.6) is 0 Å². The molecule has 0 aromatic carbocycles. The van der Waals surface area contributed by atoms with Crippen LogP contribution in [-0.4, -0.2) is 31.7 Å². The van der Waals surface area contributed by atoms with Gasteiger partial charge in [-0.05, 0) is 19.3 Å². The van der Waals surface area contributed by atoms with Crippen LogP contribution >= 0.6 is 0 Å². The fourth-order valence-electron chi connectivity index (χ4n) is 2.33. The third-order valence-corrected chi connectivity index (χ3v) is 3.08. The predicted octanol–water partition coefficient (Wildman–Crippen LogP) is 0.927. The molecular formula is C9H14O3. The van der Waals surface area contributed by atoms with Crippen molar-refractivity contribution in [2.24, 2.45) is 5.92 Å². The molecule has 0 unspecified atom stereocenters. The van der Waals surface area contributed by atoms with Crippen molar-refractivity contribution in [3.05, 3.63) is 0 Å². The average Bonchev–Trinajstić information content (AvgIpc) is 2.66. The normalized spacial score (nSPS) is 47.5. The smallest absolute Gasteiger partial charge is 0.160 e. The largest absolute Gasteiger partial charge is 0.370 e. The summed E-state index contributed by atoms with van der Waals surface area (Å²) >= 11 is 0. The molecule has 12 heavy (non-hydrogen) atoms. The van der Waals surface area contributed by atoms with Crippen molar-refractivity contribution in [2.75, 3.05) is 13.2 Å². The Balaban J connectivity index is 1.60. The highest BCUT2D eigenvalue weighted by Crippen LogP contribution is 2.41. The van der Waals surface area contributed by atoms with Crippen LogP contribution in [0.1, 0.15) is 19.3 Å². The molecule has 0 aromatic heterocycles. The monoisotopic (exact) mass is 170 g/mol. The lowest BCUT2D eigenvalue weighted by atomic mass is 9.89. The lowest BCUT2D eigenvalue weighted by Gasteiger charge is -2.23. The highest BCUT2D eigenvalue weighted by atomic mass is 16.7. The molecule has 3 rings (SSSR count). The van der Waals surface area contributed by atoms with Crippen molar-refractivity contribution in [3.63, 3.8) is 0 Å². The first kappa shape index (κ1) is 7.30. The van der Waals surface area contributed by atoms with Crippen LogP contribution in [0.15, 0.2) is 0 Å². The van der Waals surface area contributed by atoms with Gasteiger partial charge in [0.05, 0.1) is 25.4 Å². The zero-order chi connectivity index (χ0) is 7.97. The highest BCUT2D eigenvalue weighted by Gasteiger charge is 2.46. The molecule has 3 aliphatic rings. The Kier molecular flexibility index (Phi) is 1.63. The summed E-state index contributed by atoms with van der Waals surface area (Å²) in [5.74, 6) is 0.594. The summed E-state index contributed by atoms with van der Waals surface area (Å²) in [5, 5.41) is 0. The Morgan fingerprint density at radius 1 is 0.917 bits per heavy atom. The zero-order valence-corrected chi connectivity index (χ0v) is 7.07. The number of hydrogen-bond acceptors (Lipinski definition) is 3. The molecule has 2 heterocycles. The van der Waals surface area contributed by atoms with E-state index < -0.39 is 0 Å². The van der Waals surface area contributed by atoms with Gasteiger partial charge in [-0.1, -0.05) is 0 Å². The quantitative estimate of drug-likeness (QED) is 0.548. The molecule has 0 aromatic rings. The van der Waals surface area contributed by atoms with Gasteiger partial charge < -0.3 is 14.2 Å². The summed E-state index contributed by atoms with van der Waals surface area (Å²) in [6.45, 7) is 1.55. The molecule has 0 amide bonds. The van der Waals surface area contributed by atoms with Gasteiger partial charge in [0.25, 0.3) is 0 Å². The molecule has 0 radical (unpaired) electrons. The van der Waals surface area contributed by atoms with Gasteiger partial charge in [-0.15, -0.1) is 0 Å². The molecule has 0 N–H and O–H groups in total. The van der Waals surface area contributed by atoms with E-state index in [1.165, 1.54) is 12.8 Å². The van der Waals surface area contributed by atoms with Crippen molar-refractivity contribution < 1.29 is 14.2 Å². The van der Waals surface area contributed by atoms with E-state index in [1.807, 2.05) is 0 Å². The van der Waals surface area contributed by atoms with Crippen molar-refractivity contribution in [1.29, 1.82) is 0 Å². The molecule has 2 saturated heterocycles. The third-order valence-electron chi connectivity index (χ3n) is 3.08. The van der Waals surface area contributed by atoms with Crippen LogP contribution in [0.2, 0.25) is 0 Å². The van der Waals surface area contributed by atoms with E-state index in [4.69, 9.17) is 14.2 Å². The van der Waals surface area contributed by atoms with E-state index in [-0.39, 0.29) is 6.29 Å². The molecule has 0 spiro atoms. The second kappa shape index (κ2) is 2.69. The fraction of sp³-hybridized carbons (Fsp3) is 1.00. The van der Waals surface area contributed by atoms with Crippen LogP contribution < -0.4 is 0 Å². The number of epoxide rings is 1. The van der Waals surface area contributed by atoms with Gasteiger partial charge in [0, 0.05) is 5.92 Å². The van der Waals surface area contributed by atoms with Crippen molar-refractivity contribution in [1.82, 2.24) is 0 Å². The van der Waals surface area contributed by atoms with Crippen molar-refractivity contribution in [3.8, 4) is 0 Å². The lowest BCUT2D eigenvalue weighted by molar-refractivity contribution is -0.0904.